The van der Waals surface area contributed by atoms with E-state index in [4.69, 9.17) is 11.6 Å². The summed E-state index contributed by atoms with van der Waals surface area (Å²) in [5.41, 5.74) is 3.81. The highest BCUT2D eigenvalue weighted by molar-refractivity contribution is 9.10. The topological polar surface area (TPSA) is 43.6 Å². The summed E-state index contributed by atoms with van der Waals surface area (Å²) in [5.74, 6) is 0.908. The van der Waals surface area contributed by atoms with Gasteiger partial charge in [-0.1, -0.05) is 25.4 Å². The van der Waals surface area contributed by atoms with E-state index in [2.05, 4.69) is 44.8 Å². The van der Waals surface area contributed by atoms with Crippen molar-refractivity contribution in [1.29, 1.82) is 0 Å². The van der Waals surface area contributed by atoms with Gasteiger partial charge < -0.3 is 0 Å². The van der Waals surface area contributed by atoms with Crippen molar-refractivity contribution in [2.24, 2.45) is 7.05 Å². The van der Waals surface area contributed by atoms with Crippen molar-refractivity contribution >= 4 is 27.5 Å². The van der Waals surface area contributed by atoms with E-state index in [-0.39, 0.29) is 5.92 Å². The van der Waals surface area contributed by atoms with Crippen molar-refractivity contribution < 1.29 is 0 Å². The minimum atomic E-state index is 0.269. The van der Waals surface area contributed by atoms with Crippen LogP contribution >= 0.6 is 27.5 Å². The predicted octanol–water partition coefficient (Wildman–Crippen LogP) is 4.03. The quantitative estimate of drug-likeness (QED) is 0.773. The van der Waals surface area contributed by atoms with Gasteiger partial charge in [0.05, 0.1) is 21.4 Å². The number of aryl methyl sites for hydroxylation is 2. The molecule has 0 aliphatic carbocycles. The number of rotatable bonds is 2. The molecular weight excluding hydrogens is 328 g/mol. The second-order valence-electron chi connectivity index (χ2n) is 4.86. The molecule has 0 spiro atoms. The smallest absolute Gasteiger partial charge is 0.164 e. The average molecular weight is 344 g/mol. The number of hydrogen-bond acceptors (Lipinski definition) is 3. The third-order valence-electron chi connectivity index (χ3n) is 3.12. The zero-order chi connectivity index (χ0) is 14.3. The van der Waals surface area contributed by atoms with E-state index >= 15 is 0 Å². The van der Waals surface area contributed by atoms with Crippen LogP contribution in [0.5, 0.6) is 0 Å². The van der Waals surface area contributed by atoms with E-state index in [1.54, 1.807) is 0 Å². The lowest BCUT2D eigenvalue weighted by molar-refractivity contribution is 0.731. The van der Waals surface area contributed by atoms with Crippen LogP contribution in [0, 0.1) is 13.8 Å². The summed E-state index contributed by atoms with van der Waals surface area (Å²) in [4.78, 5) is 9.02. The molecule has 102 valence electrons. The molecule has 0 aliphatic rings. The molecule has 0 fully saturated rings. The Morgan fingerprint density at radius 3 is 2.32 bits per heavy atom. The molecule has 0 amide bonds. The van der Waals surface area contributed by atoms with Crippen molar-refractivity contribution in [1.82, 2.24) is 19.7 Å². The Kier molecular flexibility index (Phi) is 3.97. The zero-order valence-electron chi connectivity index (χ0n) is 11.6. The highest BCUT2D eigenvalue weighted by Gasteiger charge is 2.19. The lowest BCUT2D eigenvalue weighted by atomic mass is 10.1. The first-order chi connectivity index (χ1) is 8.82. The van der Waals surface area contributed by atoms with E-state index in [0.717, 1.165) is 27.1 Å². The van der Waals surface area contributed by atoms with Crippen LogP contribution < -0.4 is 0 Å². The third kappa shape index (κ3) is 2.54. The van der Waals surface area contributed by atoms with Gasteiger partial charge >= 0.3 is 0 Å². The van der Waals surface area contributed by atoms with Gasteiger partial charge in [0.25, 0.3) is 0 Å². The summed E-state index contributed by atoms with van der Waals surface area (Å²) in [7, 11) is 1.91. The van der Waals surface area contributed by atoms with Gasteiger partial charge in [-0.05, 0) is 35.7 Å². The minimum Gasteiger partial charge on any atom is -0.272 e. The zero-order valence-corrected chi connectivity index (χ0v) is 14.0. The lowest BCUT2D eigenvalue weighted by Crippen LogP contribution is -2.01. The van der Waals surface area contributed by atoms with Crippen LogP contribution in [0.3, 0.4) is 0 Å². The molecule has 4 nitrogen and oxygen atoms in total. The molecule has 2 heterocycles. The molecule has 0 saturated heterocycles. The number of hydrogen-bond donors (Lipinski definition) is 0. The van der Waals surface area contributed by atoms with Gasteiger partial charge in [0, 0.05) is 12.7 Å². The highest BCUT2D eigenvalue weighted by Crippen LogP contribution is 2.32. The first-order valence-electron chi connectivity index (χ1n) is 6.06. The standard InChI is InChI=1S/C13H16BrClN4/c1-6(2)11-10(14)12(15)17-13(16-11)9-7(3)18-19(5)8(9)4/h6H,1-5H3. The fraction of sp³-hybridized carbons (Fsp3) is 0.462. The van der Waals surface area contributed by atoms with Crippen LogP contribution in [0.4, 0.5) is 0 Å². The largest absolute Gasteiger partial charge is 0.272 e. The molecular formula is C13H16BrClN4. The first-order valence-corrected chi connectivity index (χ1v) is 7.23. The third-order valence-corrected chi connectivity index (χ3v) is 4.40. The summed E-state index contributed by atoms with van der Waals surface area (Å²) in [5, 5.41) is 4.84. The summed E-state index contributed by atoms with van der Waals surface area (Å²) in [6.07, 6.45) is 0. The van der Waals surface area contributed by atoms with E-state index in [1.807, 2.05) is 25.6 Å². The second kappa shape index (κ2) is 5.21. The van der Waals surface area contributed by atoms with Crippen molar-refractivity contribution in [2.75, 3.05) is 0 Å². The van der Waals surface area contributed by atoms with Crippen molar-refractivity contribution in [3.8, 4) is 11.4 Å². The van der Waals surface area contributed by atoms with Gasteiger partial charge in [-0.2, -0.15) is 5.10 Å². The molecule has 2 aromatic heterocycles. The van der Waals surface area contributed by atoms with Gasteiger partial charge in [0.2, 0.25) is 0 Å². The van der Waals surface area contributed by atoms with E-state index in [0.29, 0.717) is 11.0 Å². The van der Waals surface area contributed by atoms with E-state index in [9.17, 15) is 0 Å². The molecule has 2 aromatic rings. The van der Waals surface area contributed by atoms with Gasteiger partial charge in [0.15, 0.2) is 5.82 Å². The molecule has 0 aromatic carbocycles. The molecule has 0 bridgehead atoms. The van der Waals surface area contributed by atoms with Gasteiger partial charge in [0.1, 0.15) is 5.15 Å². The van der Waals surface area contributed by atoms with Crippen LogP contribution in [0.25, 0.3) is 11.4 Å². The Morgan fingerprint density at radius 1 is 1.21 bits per heavy atom. The van der Waals surface area contributed by atoms with Crippen LogP contribution in [-0.2, 0) is 7.05 Å². The van der Waals surface area contributed by atoms with E-state index < -0.39 is 0 Å². The van der Waals surface area contributed by atoms with Crippen LogP contribution in [0.1, 0.15) is 36.8 Å². The van der Waals surface area contributed by atoms with Crippen LogP contribution in [0.15, 0.2) is 4.47 Å². The lowest BCUT2D eigenvalue weighted by Gasteiger charge is -2.11. The SMILES string of the molecule is Cc1nn(C)c(C)c1-c1nc(Cl)c(Br)c(C(C)C)n1. The van der Waals surface area contributed by atoms with Gasteiger partial charge in [-0.3, -0.25) is 4.68 Å². The Bertz CT molecular complexity index is 634. The summed E-state index contributed by atoms with van der Waals surface area (Å²) < 4.78 is 2.60. The number of aromatic nitrogens is 4. The summed E-state index contributed by atoms with van der Waals surface area (Å²) in [6, 6.07) is 0. The predicted molar refractivity (Wildman–Crippen MR) is 80.5 cm³/mol. The minimum absolute atomic E-state index is 0.269. The normalized spacial score (nSPS) is 11.4. The second-order valence-corrected chi connectivity index (χ2v) is 6.01. The average Bonchev–Trinajstić information content (AvgIpc) is 2.56. The van der Waals surface area contributed by atoms with Crippen LogP contribution in [0.2, 0.25) is 5.15 Å². The Morgan fingerprint density at radius 2 is 1.84 bits per heavy atom. The molecule has 0 unspecified atom stereocenters. The van der Waals surface area contributed by atoms with Crippen LogP contribution in [-0.4, -0.2) is 19.7 Å². The fourth-order valence-corrected chi connectivity index (χ4v) is 2.84. The molecule has 0 atom stereocenters. The van der Waals surface area contributed by atoms with Crippen molar-refractivity contribution in [3.05, 3.63) is 26.7 Å². The molecule has 0 saturated carbocycles. The monoisotopic (exact) mass is 342 g/mol. The maximum absolute atomic E-state index is 6.20. The Balaban J connectivity index is 2.70. The maximum atomic E-state index is 6.20. The van der Waals surface area contributed by atoms with E-state index in [1.165, 1.54) is 0 Å². The number of nitrogens with zero attached hydrogens (tertiary/aromatic N) is 4. The molecule has 2 rings (SSSR count). The Labute approximate surface area is 126 Å². The Hall–Kier alpha value is -0.940. The highest BCUT2D eigenvalue weighted by atomic mass is 79.9. The number of halogens is 2. The molecule has 6 heteroatoms. The summed E-state index contributed by atoms with van der Waals surface area (Å²) in [6.45, 7) is 8.12. The van der Waals surface area contributed by atoms with Crippen molar-refractivity contribution in [3.63, 3.8) is 0 Å². The van der Waals surface area contributed by atoms with Crippen molar-refractivity contribution in [2.45, 2.75) is 33.6 Å². The summed E-state index contributed by atoms with van der Waals surface area (Å²) >= 11 is 9.65. The fourth-order valence-electron chi connectivity index (χ4n) is 2.03. The maximum Gasteiger partial charge on any atom is 0.164 e. The molecule has 0 radical (unpaired) electrons. The molecule has 0 aliphatic heterocycles. The first kappa shape index (κ1) is 14.5. The molecule has 19 heavy (non-hydrogen) atoms. The van der Waals surface area contributed by atoms with Gasteiger partial charge in [-0.25, -0.2) is 9.97 Å². The molecule has 0 N–H and O–H groups in total. The van der Waals surface area contributed by atoms with Gasteiger partial charge in [-0.15, -0.1) is 0 Å².